The van der Waals surface area contributed by atoms with Crippen molar-refractivity contribution >= 4 is 17.5 Å². The molecule has 0 bridgehead atoms. The third-order valence-corrected chi connectivity index (χ3v) is 7.09. The smallest absolute Gasteiger partial charge is 0.227 e. The Morgan fingerprint density at radius 1 is 1.06 bits per heavy atom. The predicted octanol–water partition coefficient (Wildman–Crippen LogP) is 3.37. The normalized spacial score (nSPS) is 19.4. The lowest BCUT2D eigenvalue weighted by Crippen LogP contribution is -2.45. The average Bonchev–Trinajstić information content (AvgIpc) is 3.30. The number of amides is 2. The van der Waals surface area contributed by atoms with Crippen LogP contribution in [0.4, 0.5) is 5.69 Å². The summed E-state index contributed by atoms with van der Waals surface area (Å²) in [6, 6.07) is 13.9. The molecule has 0 saturated carbocycles. The van der Waals surface area contributed by atoms with E-state index in [0.29, 0.717) is 43.7 Å². The zero-order chi connectivity index (χ0) is 25.7. The molecule has 194 valence electrons. The van der Waals surface area contributed by atoms with E-state index in [1.807, 2.05) is 36.4 Å². The first-order valence-corrected chi connectivity index (χ1v) is 12.6. The van der Waals surface area contributed by atoms with Gasteiger partial charge in [-0.2, -0.15) is 0 Å². The fourth-order valence-electron chi connectivity index (χ4n) is 4.93. The highest BCUT2D eigenvalue weighted by molar-refractivity contribution is 6.00. The molecule has 2 fully saturated rings. The summed E-state index contributed by atoms with van der Waals surface area (Å²) in [4.78, 5) is 30.1. The van der Waals surface area contributed by atoms with Crippen molar-refractivity contribution < 1.29 is 23.8 Å². The molecule has 2 heterocycles. The summed E-state index contributed by atoms with van der Waals surface area (Å²) in [5.74, 6) is 1.20. The zero-order valence-corrected chi connectivity index (χ0v) is 21.7. The molecular weight excluding hydrogens is 458 g/mol. The highest BCUT2D eigenvalue weighted by Gasteiger charge is 2.36. The molecule has 2 saturated heterocycles. The lowest BCUT2D eigenvalue weighted by molar-refractivity contribution is -0.126. The summed E-state index contributed by atoms with van der Waals surface area (Å²) >= 11 is 0. The van der Waals surface area contributed by atoms with Gasteiger partial charge in [0, 0.05) is 38.3 Å². The standard InChI is InChI=1S/C28H37N3O5/c1-19(2)20-6-5-7-23(14-20)31-18-22(16-27(31)32)28(33)29-17-24(30-10-12-36-13-11-30)21-8-9-25(34-3)26(15-21)35-4/h5-9,14-15,19,22,24H,10-13,16-18H2,1-4H3,(H,29,33). The number of morpholine rings is 1. The van der Waals surface area contributed by atoms with Crippen molar-refractivity contribution in [2.24, 2.45) is 5.92 Å². The van der Waals surface area contributed by atoms with Crippen LogP contribution in [0.25, 0.3) is 0 Å². The van der Waals surface area contributed by atoms with E-state index in [-0.39, 0.29) is 30.2 Å². The average molecular weight is 496 g/mol. The number of ether oxygens (including phenoxy) is 3. The summed E-state index contributed by atoms with van der Waals surface area (Å²) in [5.41, 5.74) is 3.07. The third kappa shape index (κ3) is 5.82. The molecule has 2 aromatic rings. The number of methoxy groups -OCH3 is 2. The predicted molar refractivity (Wildman–Crippen MR) is 139 cm³/mol. The largest absolute Gasteiger partial charge is 0.493 e. The Hall–Kier alpha value is -3.10. The van der Waals surface area contributed by atoms with Crippen molar-refractivity contribution in [3.8, 4) is 11.5 Å². The number of anilines is 1. The van der Waals surface area contributed by atoms with Gasteiger partial charge in [-0.25, -0.2) is 0 Å². The molecule has 2 amide bonds. The van der Waals surface area contributed by atoms with E-state index in [9.17, 15) is 9.59 Å². The fraction of sp³-hybridized carbons (Fsp3) is 0.500. The maximum absolute atomic E-state index is 13.2. The third-order valence-electron chi connectivity index (χ3n) is 7.09. The Morgan fingerprint density at radius 3 is 2.50 bits per heavy atom. The van der Waals surface area contributed by atoms with Crippen LogP contribution in [-0.4, -0.2) is 70.3 Å². The molecule has 4 rings (SSSR count). The quantitative estimate of drug-likeness (QED) is 0.575. The van der Waals surface area contributed by atoms with Gasteiger partial charge in [0.15, 0.2) is 11.5 Å². The first kappa shape index (κ1) is 26.0. The van der Waals surface area contributed by atoms with Gasteiger partial charge in [-0.1, -0.05) is 32.0 Å². The molecule has 2 atom stereocenters. The maximum Gasteiger partial charge on any atom is 0.227 e. The van der Waals surface area contributed by atoms with Crippen molar-refractivity contribution in [1.82, 2.24) is 10.2 Å². The van der Waals surface area contributed by atoms with Gasteiger partial charge in [-0.05, 0) is 41.3 Å². The van der Waals surface area contributed by atoms with Crippen molar-refractivity contribution in [3.63, 3.8) is 0 Å². The summed E-state index contributed by atoms with van der Waals surface area (Å²) in [6.07, 6.45) is 0.219. The van der Waals surface area contributed by atoms with Crippen LogP contribution in [0, 0.1) is 5.92 Å². The van der Waals surface area contributed by atoms with Gasteiger partial charge < -0.3 is 24.4 Å². The highest BCUT2D eigenvalue weighted by atomic mass is 16.5. The minimum Gasteiger partial charge on any atom is -0.493 e. The molecule has 8 nitrogen and oxygen atoms in total. The van der Waals surface area contributed by atoms with E-state index >= 15 is 0 Å². The van der Waals surface area contributed by atoms with Gasteiger partial charge in [0.2, 0.25) is 11.8 Å². The Labute approximate surface area is 213 Å². The van der Waals surface area contributed by atoms with Crippen LogP contribution >= 0.6 is 0 Å². The Kier molecular flexibility index (Phi) is 8.48. The second-order valence-corrected chi connectivity index (χ2v) is 9.68. The number of nitrogens with one attached hydrogen (secondary N) is 1. The van der Waals surface area contributed by atoms with E-state index in [2.05, 4.69) is 30.1 Å². The van der Waals surface area contributed by atoms with Crippen LogP contribution < -0.4 is 19.7 Å². The second-order valence-electron chi connectivity index (χ2n) is 9.68. The Balaban J connectivity index is 1.46. The van der Waals surface area contributed by atoms with Gasteiger partial charge in [0.25, 0.3) is 0 Å². The number of carbonyl (C=O) groups is 2. The number of carbonyl (C=O) groups excluding carboxylic acids is 2. The van der Waals surface area contributed by atoms with Crippen LogP contribution in [-0.2, 0) is 14.3 Å². The summed E-state index contributed by atoms with van der Waals surface area (Å²) < 4.78 is 16.5. The van der Waals surface area contributed by atoms with Gasteiger partial charge >= 0.3 is 0 Å². The molecular formula is C28H37N3O5. The van der Waals surface area contributed by atoms with Crippen molar-refractivity contribution in [2.75, 3.05) is 58.5 Å². The molecule has 2 aliphatic heterocycles. The van der Waals surface area contributed by atoms with Crippen LogP contribution in [0.3, 0.4) is 0 Å². The number of benzene rings is 2. The first-order chi connectivity index (χ1) is 17.4. The molecule has 0 spiro atoms. The van der Waals surface area contributed by atoms with Crippen molar-refractivity contribution in [3.05, 3.63) is 53.6 Å². The van der Waals surface area contributed by atoms with E-state index in [0.717, 1.165) is 24.3 Å². The van der Waals surface area contributed by atoms with E-state index in [1.165, 1.54) is 5.56 Å². The minimum atomic E-state index is -0.379. The van der Waals surface area contributed by atoms with Crippen LogP contribution in [0.5, 0.6) is 11.5 Å². The Morgan fingerprint density at radius 2 is 1.81 bits per heavy atom. The fourth-order valence-corrected chi connectivity index (χ4v) is 4.93. The molecule has 8 heteroatoms. The minimum absolute atomic E-state index is 0.0133. The van der Waals surface area contributed by atoms with E-state index in [1.54, 1.807) is 19.1 Å². The monoisotopic (exact) mass is 495 g/mol. The Bertz CT molecular complexity index is 1070. The van der Waals surface area contributed by atoms with Gasteiger partial charge in [0.1, 0.15) is 0 Å². The molecule has 0 aromatic heterocycles. The topological polar surface area (TPSA) is 80.3 Å². The lowest BCUT2D eigenvalue weighted by Gasteiger charge is -2.35. The number of hydrogen-bond acceptors (Lipinski definition) is 6. The summed E-state index contributed by atoms with van der Waals surface area (Å²) in [7, 11) is 3.23. The molecule has 36 heavy (non-hydrogen) atoms. The number of nitrogens with zero attached hydrogens (tertiary/aromatic N) is 2. The molecule has 2 unspecified atom stereocenters. The van der Waals surface area contributed by atoms with Gasteiger partial charge in [-0.3, -0.25) is 14.5 Å². The second kappa shape index (κ2) is 11.8. The highest BCUT2D eigenvalue weighted by Crippen LogP contribution is 2.33. The molecule has 2 aliphatic rings. The lowest BCUT2D eigenvalue weighted by atomic mass is 10.0. The van der Waals surface area contributed by atoms with Gasteiger partial charge in [0.05, 0.1) is 39.4 Å². The maximum atomic E-state index is 13.2. The molecule has 2 aromatic carbocycles. The zero-order valence-electron chi connectivity index (χ0n) is 21.7. The number of rotatable bonds is 9. The first-order valence-electron chi connectivity index (χ1n) is 12.6. The number of hydrogen-bond donors (Lipinski definition) is 1. The summed E-state index contributed by atoms with van der Waals surface area (Å²) in [5, 5.41) is 3.14. The van der Waals surface area contributed by atoms with Crippen LogP contribution in [0.2, 0.25) is 0 Å². The van der Waals surface area contributed by atoms with Crippen LogP contribution in [0.15, 0.2) is 42.5 Å². The molecule has 0 aliphatic carbocycles. The van der Waals surface area contributed by atoms with Gasteiger partial charge in [-0.15, -0.1) is 0 Å². The van der Waals surface area contributed by atoms with E-state index < -0.39 is 0 Å². The molecule has 1 N–H and O–H groups in total. The SMILES string of the molecule is COc1ccc(C(CNC(=O)C2CC(=O)N(c3cccc(C(C)C)c3)C2)N2CCOCC2)cc1OC. The summed E-state index contributed by atoms with van der Waals surface area (Å²) in [6.45, 7) is 7.94. The van der Waals surface area contributed by atoms with E-state index in [4.69, 9.17) is 14.2 Å². The molecule has 0 radical (unpaired) electrons. The van der Waals surface area contributed by atoms with Crippen LogP contribution in [0.1, 0.15) is 43.4 Å². The van der Waals surface area contributed by atoms with Crippen molar-refractivity contribution in [2.45, 2.75) is 32.2 Å². The van der Waals surface area contributed by atoms with Crippen molar-refractivity contribution in [1.29, 1.82) is 0 Å².